The molecule has 1 rings (SSSR count). The Bertz CT molecular complexity index is 517. The summed E-state index contributed by atoms with van der Waals surface area (Å²) in [6.45, 7) is -0.756. The molecule has 0 radical (unpaired) electrons. The topological polar surface area (TPSA) is 69.6 Å². The van der Waals surface area contributed by atoms with Gasteiger partial charge < -0.3 is 15.3 Å². The summed E-state index contributed by atoms with van der Waals surface area (Å²) in [7, 11) is 1.18. The third-order valence-corrected chi connectivity index (χ3v) is 2.88. The number of hydrogen-bond donors (Lipinski definition) is 2. The second kappa shape index (κ2) is 6.71. The minimum absolute atomic E-state index is 0.0375. The van der Waals surface area contributed by atoms with Crippen LogP contribution >= 0.6 is 23.2 Å². The van der Waals surface area contributed by atoms with E-state index in [-0.39, 0.29) is 21.3 Å². The zero-order valence-corrected chi connectivity index (χ0v) is 11.7. The molecule has 0 aliphatic heterocycles. The Kier molecular flexibility index (Phi) is 5.52. The Morgan fingerprint density at radius 2 is 1.85 bits per heavy atom. The average Bonchev–Trinajstić information content (AvgIpc) is 2.32. The lowest BCUT2D eigenvalue weighted by atomic mass is 10.2. The summed E-state index contributed by atoms with van der Waals surface area (Å²) in [5, 5.41) is 10.8. The SMILES string of the molecule is CN(CC(F)F)C(=O)Nc1c(Cl)cc(C(=O)O)cc1Cl. The number of rotatable bonds is 4. The number of nitrogens with one attached hydrogen (secondary N) is 1. The molecule has 0 aliphatic carbocycles. The number of carboxylic acids is 1. The molecule has 2 N–H and O–H groups in total. The molecule has 0 unspecified atom stereocenters. The minimum Gasteiger partial charge on any atom is -0.478 e. The van der Waals surface area contributed by atoms with Gasteiger partial charge in [0.1, 0.15) is 0 Å². The van der Waals surface area contributed by atoms with Gasteiger partial charge in [0.2, 0.25) is 0 Å². The van der Waals surface area contributed by atoms with Gasteiger partial charge in [-0.2, -0.15) is 0 Å². The first kappa shape index (κ1) is 16.5. The number of carboxylic acid groups (broad SMARTS) is 1. The number of benzene rings is 1. The highest BCUT2D eigenvalue weighted by molar-refractivity contribution is 6.40. The van der Waals surface area contributed by atoms with E-state index in [1.165, 1.54) is 7.05 Å². The van der Waals surface area contributed by atoms with Crippen molar-refractivity contribution in [2.75, 3.05) is 18.9 Å². The molecule has 1 aromatic carbocycles. The van der Waals surface area contributed by atoms with Crippen molar-refractivity contribution in [3.8, 4) is 0 Å². The third kappa shape index (κ3) is 4.21. The van der Waals surface area contributed by atoms with E-state index in [2.05, 4.69) is 5.32 Å². The molecule has 0 spiro atoms. The number of hydrogen-bond acceptors (Lipinski definition) is 2. The normalized spacial score (nSPS) is 10.5. The molecule has 0 fully saturated rings. The Hall–Kier alpha value is -1.60. The van der Waals surface area contributed by atoms with Gasteiger partial charge in [0.25, 0.3) is 6.43 Å². The van der Waals surface area contributed by atoms with Crippen LogP contribution in [0.25, 0.3) is 0 Å². The van der Waals surface area contributed by atoms with Crippen LogP contribution in [0.4, 0.5) is 19.3 Å². The summed E-state index contributed by atoms with van der Waals surface area (Å²) in [4.78, 5) is 23.1. The maximum atomic E-state index is 12.1. The fourth-order valence-electron chi connectivity index (χ4n) is 1.31. The molecule has 5 nitrogen and oxygen atoms in total. The number of amides is 2. The molecule has 0 aliphatic rings. The van der Waals surface area contributed by atoms with Gasteiger partial charge in [-0.15, -0.1) is 0 Å². The van der Waals surface area contributed by atoms with Crippen molar-refractivity contribution in [1.29, 1.82) is 0 Å². The lowest BCUT2D eigenvalue weighted by Crippen LogP contribution is -2.35. The summed E-state index contributed by atoms with van der Waals surface area (Å²) < 4.78 is 24.3. The number of carbonyl (C=O) groups excluding carboxylic acids is 1. The number of alkyl halides is 2. The quantitative estimate of drug-likeness (QED) is 0.890. The Balaban J connectivity index is 2.93. The summed E-state index contributed by atoms with van der Waals surface area (Å²) in [6, 6.07) is 1.36. The Morgan fingerprint density at radius 1 is 1.35 bits per heavy atom. The summed E-state index contributed by atoms with van der Waals surface area (Å²) in [5.41, 5.74) is -0.191. The lowest BCUT2D eigenvalue weighted by Gasteiger charge is -2.18. The van der Waals surface area contributed by atoms with Crippen molar-refractivity contribution in [2.45, 2.75) is 6.43 Å². The maximum Gasteiger partial charge on any atom is 0.335 e. The predicted molar refractivity (Wildman–Crippen MR) is 71.1 cm³/mol. The molecule has 0 heterocycles. The van der Waals surface area contributed by atoms with Crippen LogP contribution in [0, 0.1) is 0 Å². The molecule has 0 aromatic heterocycles. The van der Waals surface area contributed by atoms with Crippen molar-refractivity contribution < 1.29 is 23.5 Å². The van der Waals surface area contributed by atoms with E-state index in [9.17, 15) is 18.4 Å². The molecule has 9 heteroatoms. The molecule has 0 saturated carbocycles. The molecule has 110 valence electrons. The highest BCUT2D eigenvalue weighted by Gasteiger charge is 2.18. The number of aromatic carboxylic acids is 1. The van der Waals surface area contributed by atoms with Gasteiger partial charge in [-0.25, -0.2) is 18.4 Å². The summed E-state index contributed by atoms with van der Waals surface area (Å²) in [5.74, 6) is -1.23. The van der Waals surface area contributed by atoms with E-state index < -0.39 is 25.0 Å². The van der Waals surface area contributed by atoms with E-state index in [1.807, 2.05) is 0 Å². The minimum atomic E-state index is -2.67. The Labute approximate surface area is 123 Å². The molecule has 2 amide bonds. The number of halogens is 4. The standard InChI is InChI=1S/C11H10Cl2F2N2O3/c1-17(4-8(14)15)11(20)16-9-6(12)2-5(10(18)19)3-7(9)13/h2-3,8H,4H2,1H3,(H,16,20)(H,18,19). The van der Waals surface area contributed by atoms with Crippen molar-refractivity contribution in [3.05, 3.63) is 27.7 Å². The van der Waals surface area contributed by atoms with E-state index >= 15 is 0 Å². The number of anilines is 1. The maximum absolute atomic E-state index is 12.1. The van der Waals surface area contributed by atoms with E-state index in [4.69, 9.17) is 28.3 Å². The van der Waals surface area contributed by atoms with Gasteiger partial charge in [0, 0.05) is 7.05 Å². The van der Waals surface area contributed by atoms with Crippen LogP contribution in [0.15, 0.2) is 12.1 Å². The fraction of sp³-hybridized carbons (Fsp3) is 0.273. The van der Waals surface area contributed by atoms with Gasteiger partial charge in [0.15, 0.2) is 0 Å². The third-order valence-electron chi connectivity index (χ3n) is 2.28. The second-order valence-electron chi connectivity index (χ2n) is 3.82. The molecule has 0 bridgehead atoms. The highest BCUT2D eigenvalue weighted by Crippen LogP contribution is 2.32. The van der Waals surface area contributed by atoms with Gasteiger partial charge in [-0.1, -0.05) is 23.2 Å². The van der Waals surface area contributed by atoms with Crippen LogP contribution in [-0.4, -0.2) is 42.0 Å². The zero-order chi connectivity index (χ0) is 15.4. The summed E-state index contributed by atoms with van der Waals surface area (Å²) >= 11 is 11.6. The van der Waals surface area contributed by atoms with Gasteiger partial charge in [-0.3, -0.25) is 0 Å². The Morgan fingerprint density at radius 3 is 2.25 bits per heavy atom. The van der Waals surface area contributed by atoms with Crippen molar-refractivity contribution in [1.82, 2.24) is 4.90 Å². The van der Waals surface area contributed by atoms with Gasteiger partial charge in [-0.05, 0) is 12.1 Å². The van der Waals surface area contributed by atoms with Crippen LogP contribution in [0.2, 0.25) is 10.0 Å². The van der Waals surface area contributed by atoms with Crippen molar-refractivity contribution in [2.24, 2.45) is 0 Å². The van der Waals surface area contributed by atoms with Gasteiger partial charge in [0.05, 0.1) is 27.8 Å². The van der Waals surface area contributed by atoms with Crippen LogP contribution in [0.1, 0.15) is 10.4 Å². The van der Waals surface area contributed by atoms with Crippen molar-refractivity contribution >= 4 is 40.9 Å². The first-order valence-corrected chi connectivity index (χ1v) is 6.00. The molecular formula is C11H10Cl2F2N2O3. The second-order valence-corrected chi connectivity index (χ2v) is 4.64. The monoisotopic (exact) mass is 326 g/mol. The van der Waals surface area contributed by atoms with Crippen LogP contribution in [0.3, 0.4) is 0 Å². The smallest absolute Gasteiger partial charge is 0.335 e. The fourth-order valence-corrected chi connectivity index (χ4v) is 1.89. The first-order chi connectivity index (χ1) is 9.22. The van der Waals surface area contributed by atoms with Gasteiger partial charge >= 0.3 is 12.0 Å². The molecule has 20 heavy (non-hydrogen) atoms. The van der Waals surface area contributed by atoms with Crippen LogP contribution in [-0.2, 0) is 0 Å². The summed E-state index contributed by atoms with van der Waals surface area (Å²) in [6.07, 6.45) is -2.67. The molecule has 0 saturated heterocycles. The number of nitrogens with zero attached hydrogens (tertiary/aromatic N) is 1. The van der Waals surface area contributed by atoms with Crippen LogP contribution < -0.4 is 5.32 Å². The molecule has 1 aromatic rings. The molecular weight excluding hydrogens is 317 g/mol. The predicted octanol–water partition coefficient (Wildman–Crippen LogP) is 3.42. The van der Waals surface area contributed by atoms with E-state index in [1.54, 1.807) is 0 Å². The van der Waals surface area contributed by atoms with E-state index in [0.29, 0.717) is 0 Å². The lowest BCUT2D eigenvalue weighted by molar-refractivity contribution is 0.0697. The number of urea groups is 1. The first-order valence-electron chi connectivity index (χ1n) is 5.25. The van der Waals surface area contributed by atoms with Crippen LogP contribution in [0.5, 0.6) is 0 Å². The van der Waals surface area contributed by atoms with Crippen molar-refractivity contribution in [3.63, 3.8) is 0 Å². The largest absolute Gasteiger partial charge is 0.478 e. The average molecular weight is 327 g/mol. The zero-order valence-electron chi connectivity index (χ0n) is 10.2. The highest BCUT2D eigenvalue weighted by atomic mass is 35.5. The molecule has 0 atom stereocenters. The number of carbonyl (C=O) groups is 2. The van der Waals surface area contributed by atoms with E-state index in [0.717, 1.165) is 17.0 Å².